The molecular weight excluding hydrogens is 394 g/mol. The van der Waals surface area contributed by atoms with Crippen molar-refractivity contribution < 1.29 is 4.79 Å². The van der Waals surface area contributed by atoms with Crippen LogP contribution in [-0.4, -0.2) is 64.8 Å². The van der Waals surface area contributed by atoms with Gasteiger partial charge in [-0.15, -0.1) is 16.4 Å². The van der Waals surface area contributed by atoms with Crippen molar-refractivity contribution >= 4 is 28.8 Å². The minimum atomic E-state index is 0.00793. The molecule has 7 heteroatoms. The van der Waals surface area contributed by atoms with Crippen LogP contribution in [0.2, 0.25) is 0 Å². The molecule has 4 rings (SSSR count). The lowest BCUT2D eigenvalue weighted by Crippen LogP contribution is -2.45. The fourth-order valence-corrected chi connectivity index (χ4v) is 5.67. The number of hydrogen-bond acceptors (Lipinski definition) is 6. The summed E-state index contributed by atoms with van der Waals surface area (Å²) >= 11 is 1.70. The second-order valence-corrected chi connectivity index (χ2v) is 9.93. The van der Waals surface area contributed by atoms with Crippen LogP contribution < -0.4 is 0 Å². The molecule has 6 nitrogen and oxygen atoms in total. The van der Waals surface area contributed by atoms with Crippen molar-refractivity contribution in [1.29, 1.82) is 0 Å². The number of carbonyl (C=O) groups is 1. The van der Waals surface area contributed by atoms with Gasteiger partial charge >= 0.3 is 0 Å². The summed E-state index contributed by atoms with van der Waals surface area (Å²) in [5, 5.41) is 7.04. The van der Waals surface area contributed by atoms with Gasteiger partial charge in [0.25, 0.3) is 0 Å². The Balaban J connectivity index is 1.61. The summed E-state index contributed by atoms with van der Waals surface area (Å²) in [5.74, 6) is 3.27. The van der Waals surface area contributed by atoms with Gasteiger partial charge in [0, 0.05) is 19.6 Å². The zero-order chi connectivity index (χ0) is 21.3. The summed E-state index contributed by atoms with van der Waals surface area (Å²) < 4.78 is 0. The predicted octanol–water partition coefficient (Wildman–Crippen LogP) is 3.91. The van der Waals surface area contributed by atoms with E-state index in [1.54, 1.807) is 11.3 Å². The smallest absolute Gasteiger partial charge is 0.227 e. The Labute approximate surface area is 184 Å². The number of thiazole rings is 1. The third-order valence-corrected chi connectivity index (χ3v) is 7.61. The SMILES string of the molecule is CCCCc1nc([C@@H](C)N(C(=O)[C@@H]2CCCN(C)C2)C2CC2)sc1C1=C=C=NN1C. The second-order valence-electron chi connectivity index (χ2n) is 8.89. The van der Waals surface area contributed by atoms with E-state index in [1.165, 1.54) is 0 Å². The highest BCUT2D eigenvalue weighted by Gasteiger charge is 2.41. The van der Waals surface area contributed by atoms with E-state index in [2.05, 4.69) is 47.4 Å². The van der Waals surface area contributed by atoms with E-state index in [0.29, 0.717) is 11.9 Å². The molecule has 2 atom stereocenters. The van der Waals surface area contributed by atoms with Crippen molar-refractivity contribution in [3.63, 3.8) is 0 Å². The summed E-state index contributed by atoms with van der Waals surface area (Å²) in [6, 6.07) is 0.385. The van der Waals surface area contributed by atoms with E-state index in [4.69, 9.17) is 4.98 Å². The highest BCUT2D eigenvalue weighted by atomic mass is 32.1. The summed E-state index contributed by atoms with van der Waals surface area (Å²) in [6.45, 7) is 6.33. The van der Waals surface area contributed by atoms with Crippen LogP contribution in [0.1, 0.15) is 74.0 Å². The van der Waals surface area contributed by atoms with E-state index in [-0.39, 0.29) is 12.0 Å². The molecule has 0 bridgehead atoms. The molecule has 0 unspecified atom stereocenters. The lowest BCUT2D eigenvalue weighted by Gasteiger charge is -2.35. The summed E-state index contributed by atoms with van der Waals surface area (Å²) in [5.41, 5.74) is 5.19. The maximum Gasteiger partial charge on any atom is 0.227 e. The monoisotopic (exact) mass is 427 g/mol. The Morgan fingerprint density at radius 2 is 2.13 bits per heavy atom. The number of likely N-dealkylation sites (tertiary alicyclic amines) is 1. The normalized spacial score (nSPS) is 22.5. The Bertz CT molecular complexity index is 891. The molecule has 30 heavy (non-hydrogen) atoms. The zero-order valence-electron chi connectivity index (χ0n) is 18.6. The first-order valence-electron chi connectivity index (χ1n) is 11.3. The number of aromatic nitrogens is 1. The molecule has 0 radical (unpaired) electrons. The number of carbonyl (C=O) groups excluding carboxylic acids is 1. The summed E-state index contributed by atoms with van der Waals surface area (Å²) in [4.78, 5) is 24.2. The van der Waals surface area contributed by atoms with Crippen molar-refractivity contribution in [2.24, 2.45) is 11.0 Å². The van der Waals surface area contributed by atoms with Gasteiger partial charge in [-0.2, -0.15) is 0 Å². The van der Waals surface area contributed by atoms with Gasteiger partial charge in [-0.25, -0.2) is 9.99 Å². The standard InChI is InChI=1S/C23H33N5OS/c1-5-6-9-19-21(20-12-13-24-27(20)4)30-22(25-19)16(2)28(18-10-11-18)23(29)17-8-7-14-26(3)15-17/h16-18H,5-11,14-15H2,1-4H3/t16-,17-/m1/s1. The second kappa shape index (κ2) is 9.07. The first-order valence-corrected chi connectivity index (χ1v) is 12.1. The fraction of sp³-hybridized carbons (Fsp3) is 0.696. The van der Waals surface area contributed by atoms with Gasteiger partial charge in [-0.05, 0) is 64.8 Å². The number of nitrogens with zero attached hydrogens (tertiary/aromatic N) is 5. The first kappa shape index (κ1) is 21.3. The van der Waals surface area contributed by atoms with Gasteiger partial charge in [0.2, 0.25) is 5.91 Å². The third kappa shape index (κ3) is 4.40. The summed E-state index contributed by atoms with van der Waals surface area (Å²) in [6.07, 6.45) is 7.52. The van der Waals surface area contributed by atoms with E-state index in [9.17, 15) is 4.79 Å². The van der Waals surface area contributed by atoms with E-state index in [0.717, 1.165) is 79.3 Å². The Kier molecular flexibility index (Phi) is 6.45. The molecule has 0 N–H and O–H groups in total. The summed E-state index contributed by atoms with van der Waals surface area (Å²) in [7, 11) is 4.05. The quantitative estimate of drug-likeness (QED) is 0.591. The van der Waals surface area contributed by atoms with Crippen molar-refractivity contribution in [2.75, 3.05) is 27.2 Å². The first-order chi connectivity index (χ1) is 14.5. The fourth-order valence-electron chi connectivity index (χ4n) is 4.47. The van der Waals surface area contributed by atoms with Crippen LogP contribution in [0.3, 0.4) is 0 Å². The minimum absolute atomic E-state index is 0.00793. The molecule has 1 aliphatic carbocycles. The third-order valence-electron chi connectivity index (χ3n) is 6.34. The predicted molar refractivity (Wildman–Crippen MR) is 121 cm³/mol. The molecule has 1 aromatic heterocycles. The maximum atomic E-state index is 13.5. The van der Waals surface area contributed by atoms with Gasteiger partial charge in [-0.3, -0.25) is 4.79 Å². The molecule has 3 heterocycles. The molecule has 3 aliphatic rings. The van der Waals surface area contributed by atoms with Crippen LogP contribution in [0, 0.1) is 5.92 Å². The number of piperidine rings is 1. The van der Waals surface area contributed by atoms with Crippen molar-refractivity contribution in [3.8, 4) is 0 Å². The molecule has 2 aliphatic heterocycles. The lowest BCUT2D eigenvalue weighted by atomic mass is 9.96. The lowest BCUT2D eigenvalue weighted by molar-refractivity contribution is -0.140. The number of hydrogen-bond donors (Lipinski definition) is 0. The highest BCUT2D eigenvalue weighted by molar-refractivity contribution is 7.13. The minimum Gasteiger partial charge on any atom is -0.330 e. The molecule has 1 saturated carbocycles. The largest absolute Gasteiger partial charge is 0.330 e. The molecule has 0 aromatic carbocycles. The van der Waals surface area contributed by atoms with E-state index < -0.39 is 0 Å². The number of rotatable bonds is 8. The van der Waals surface area contributed by atoms with E-state index >= 15 is 0 Å². The Hall–Kier alpha value is -1.91. The zero-order valence-corrected chi connectivity index (χ0v) is 19.5. The van der Waals surface area contributed by atoms with Crippen molar-refractivity contribution in [2.45, 2.75) is 70.9 Å². The maximum absolute atomic E-state index is 13.5. The van der Waals surface area contributed by atoms with Crippen molar-refractivity contribution in [3.05, 3.63) is 21.3 Å². The molecule has 2 fully saturated rings. The average Bonchev–Trinajstić information content (AvgIpc) is 3.33. The molecule has 0 spiro atoms. The van der Waals surface area contributed by atoms with Crippen LogP contribution >= 0.6 is 11.3 Å². The van der Waals surface area contributed by atoms with Crippen LogP contribution in [0.5, 0.6) is 0 Å². The van der Waals surface area contributed by atoms with Crippen molar-refractivity contribution in [1.82, 2.24) is 19.8 Å². The number of aryl methyl sites for hydroxylation is 1. The van der Waals surface area contributed by atoms with E-state index in [1.807, 2.05) is 12.1 Å². The van der Waals surface area contributed by atoms with Gasteiger partial charge in [0.1, 0.15) is 10.7 Å². The Morgan fingerprint density at radius 3 is 2.77 bits per heavy atom. The molecule has 1 aromatic rings. The van der Waals surface area contributed by atoms with Gasteiger partial charge in [-0.1, -0.05) is 13.3 Å². The molecular formula is C23H33N5OS. The van der Waals surface area contributed by atoms with Crippen LogP contribution in [0.25, 0.3) is 5.70 Å². The molecule has 1 amide bonds. The van der Waals surface area contributed by atoms with Gasteiger partial charge in [0.05, 0.1) is 28.4 Å². The number of amides is 1. The highest BCUT2D eigenvalue weighted by Crippen LogP contribution is 2.40. The van der Waals surface area contributed by atoms with Gasteiger partial charge in [0.15, 0.2) is 0 Å². The van der Waals surface area contributed by atoms with Gasteiger partial charge < -0.3 is 9.80 Å². The Morgan fingerprint density at radius 1 is 1.33 bits per heavy atom. The van der Waals surface area contributed by atoms with Crippen LogP contribution in [-0.2, 0) is 11.2 Å². The topological polar surface area (TPSA) is 52.0 Å². The van der Waals surface area contributed by atoms with Crippen LogP contribution in [0.4, 0.5) is 0 Å². The molecule has 1 saturated heterocycles. The average molecular weight is 428 g/mol. The van der Waals surface area contributed by atoms with Crippen LogP contribution in [0.15, 0.2) is 10.8 Å². The molecule has 162 valence electrons. The number of hydrazone groups is 1. The number of unbranched alkanes of at least 4 members (excludes halogenated alkanes) is 1.